The van der Waals surface area contributed by atoms with E-state index in [-0.39, 0.29) is 5.54 Å². The molecule has 1 saturated heterocycles. The van der Waals surface area contributed by atoms with E-state index < -0.39 is 0 Å². The van der Waals surface area contributed by atoms with Crippen LogP contribution in [0.3, 0.4) is 0 Å². The minimum atomic E-state index is 0.186. The molecule has 0 aromatic carbocycles. The average Bonchev–Trinajstić information content (AvgIpc) is 2.29. The quantitative estimate of drug-likeness (QED) is 0.748. The van der Waals surface area contributed by atoms with Crippen LogP contribution in [0.25, 0.3) is 0 Å². The summed E-state index contributed by atoms with van der Waals surface area (Å²) in [7, 11) is 0. The third-order valence-corrected chi connectivity index (χ3v) is 4.42. The van der Waals surface area contributed by atoms with E-state index in [9.17, 15) is 0 Å². The molecule has 14 heavy (non-hydrogen) atoms. The molecule has 1 aliphatic heterocycles. The van der Waals surface area contributed by atoms with E-state index in [1.807, 2.05) is 0 Å². The van der Waals surface area contributed by atoms with Crippen LogP contribution in [0, 0.1) is 5.92 Å². The molecule has 0 radical (unpaired) electrons. The Morgan fingerprint density at radius 3 is 2.57 bits per heavy atom. The maximum Gasteiger partial charge on any atom is 0.0324 e. The summed E-state index contributed by atoms with van der Waals surface area (Å²) in [5.41, 5.74) is 6.89. The lowest BCUT2D eigenvalue weighted by atomic mass is 9.70. The molecule has 0 bridgehead atoms. The molecule has 2 atom stereocenters. The van der Waals surface area contributed by atoms with Crippen LogP contribution in [0.5, 0.6) is 0 Å². The third-order valence-electron chi connectivity index (χ3n) is 4.42. The summed E-state index contributed by atoms with van der Waals surface area (Å²) in [5, 5.41) is 0. The van der Waals surface area contributed by atoms with Crippen molar-refractivity contribution in [3.8, 4) is 0 Å². The Labute approximate surface area is 87.8 Å². The molecule has 1 heterocycles. The Kier molecular flexibility index (Phi) is 2.39. The van der Waals surface area contributed by atoms with Crippen molar-refractivity contribution in [3.63, 3.8) is 0 Å². The summed E-state index contributed by atoms with van der Waals surface area (Å²) < 4.78 is 0. The normalized spacial score (nSPS) is 38.1. The second-order valence-corrected chi connectivity index (χ2v) is 5.91. The molecule has 82 valence electrons. The number of nitrogens with zero attached hydrogens (tertiary/aromatic N) is 1. The monoisotopic (exact) mass is 196 g/mol. The fraction of sp³-hybridized carbons (Fsp3) is 1.00. The van der Waals surface area contributed by atoms with Crippen LogP contribution in [0.15, 0.2) is 0 Å². The van der Waals surface area contributed by atoms with Gasteiger partial charge in [0.05, 0.1) is 0 Å². The van der Waals surface area contributed by atoms with Crippen LogP contribution in [-0.4, -0.2) is 29.1 Å². The molecule has 2 N–H and O–H groups in total. The Morgan fingerprint density at radius 2 is 2.21 bits per heavy atom. The van der Waals surface area contributed by atoms with E-state index in [2.05, 4.69) is 25.7 Å². The minimum absolute atomic E-state index is 0.186. The van der Waals surface area contributed by atoms with Crippen LogP contribution >= 0.6 is 0 Å². The summed E-state index contributed by atoms with van der Waals surface area (Å²) in [6.45, 7) is 9.37. The van der Waals surface area contributed by atoms with Crippen LogP contribution in [0.4, 0.5) is 0 Å². The molecule has 2 aliphatic rings. The molecule has 2 heteroatoms. The van der Waals surface area contributed by atoms with Gasteiger partial charge in [-0.25, -0.2) is 0 Å². The summed E-state index contributed by atoms with van der Waals surface area (Å²) in [5.74, 6) is 0.790. The zero-order valence-electron chi connectivity index (χ0n) is 9.84. The number of hydrogen-bond acceptors (Lipinski definition) is 2. The van der Waals surface area contributed by atoms with Crippen molar-refractivity contribution in [3.05, 3.63) is 0 Å². The van der Waals surface area contributed by atoms with Gasteiger partial charge in [-0.1, -0.05) is 13.3 Å². The second kappa shape index (κ2) is 3.21. The number of fused-ring (bicyclic) bond motifs is 1. The lowest BCUT2D eigenvalue weighted by Gasteiger charge is -2.41. The van der Waals surface area contributed by atoms with Crippen molar-refractivity contribution in [1.29, 1.82) is 0 Å². The molecule has 1 saturated carbocycles. The molecular weight excluding hydrogens is 172 g/mol. The van der Waals surface area contributed by atoms with Crippen LogP contribution < -0.4 is 5.73 Å². The summed E-state index contributed by atoms with van der Waals surface area (Å²) in [6.07, 6.45) is 5.16. The van der Waals surface area contributed by atoms with Crippen molar-refractivity contribution in [2.75, 3.05) is 13.1 Å². The Morgan fingerprint density at radius 1 is 1.50 bits per heavy atom. The molecule has 0 unspecified atom stereocenters. The van der Waals surface area contributed by atoms with Crippen molar-refractivity contribution >= 4 is 0 Å². The number of likely N-dealkylation sites (tertiary alicyclic amines) is 1. The number of nitrogens with two attached hydrogens (primary N) is 1. The fourth-order valence-corrected chi connectivity index (χ4v) is 3.12. The molecule has 0 aromatic heterocycles. The molecule has 1 aliphatic carbocycles. The van der Waals surface area contributed by atoms with Gasteiger partial charge in [0.25, 0.3) is 0 Å². The van der Waals surface area contributed by atoms with Crippen molar-refractivity contribution < 1.29 is 0 Å². The highest BCUT2D eigenvalue weighted by molar-refractivity contribution is 5.10. The van der Waals surface area contributed by atoms with Crippen LogP contribution in [0.2, 0.25) is 0 Å². The maximum atomic E-state index is 6.35. The molecule has 0 spiro atoms. The van der Waals surface area contributed by atoms with E-state index in [0.717, 1.165) is 12.5 Å². The molecule has 2 rings (SSSR count). The first-order valence-electron chi connectivity index (χ1n) is 6.02. The molecule has 2 fully saturated rings. The third kappa shape index (κ3) is 1.49. The van der Waals surface area contributed by atoms with Crippen LogP contribution in [-0.2, 0) is 0 Å². The minimum Gasteiger partial charge on any atom is -0.324 e. The fourth-order valence-electron chi connectivity index (χ4n) is 3.12. The zero-order chi connectivity index (χ0) is 10.4. The van der Waals surface area contributed by atoms with Gasteiger partial charge in [-0.05, 0) is 39.0 Å². The number of rotatable bonds is 3. The highest BCUT2D eigenvalue weighted by Gasteiger charge is 2.52. The molecule has 0 aromatic rings. The highest BCUT2D eigenvalue weighted by Crippen LogP contribution is 2.45. The molecule has 0 amide bonds. The second-order valence-electron chi connectivity index (χ2n) is 5.91. The summed E-state index contributed by atoms with van der Waals surface area (Å²) >= 11 is 0. The van der Waals surface area contributed by atoms with Crippen LogP contribution in [0.1, 0.15) is 46.5 Å². The molecule has 2 nitrogen and oxygen atoms in total. The van der Waals surface area contributed by atoms with E-state index in [1.54, 1.807) is 0 Å². The van der Waals surface area contributed by atoms with Gasteiger partial charge >= 0.3 is 0 Å². The first kappa shape index (κ1) is 10.4. The first-order chi connectivity index (χ1) is 6.48. The van der Waals surface area contributed by atoms with Gasteiger partial charge in [-0.2, -0.15) is 0 Å². The van der Waals surface area contributed by atoms with Gasteiger partial charge in [0.1, 0.15) is 0 Å². The van der Waals surface area contributed by atoms with E-state index in [0.29, 0.717) is 5.54 Å². The van der Waals surface area contributed by atoms with Gasteiger partial charge in [-0.15, -0.1) is 0 Å². The maximum absolute atomic E-state index is 6.35. The van der Waals surface area contributed by atoms with E-state index in [4.69, 9.17) is 5.73 Å². The van der Waals surface area contributed by atoms with Gasteiger partial charge in [0.2, 0.25) is 0 Å². The van der Waals surface area contributed by atoms with E-state index >= 15 is 0 Å². The van der Waals surface area contributed by atoms with Gasteiger partial charge in [-0.3, -0.25) is 4.90 Å². The SMILES string of the molecule is CCCC(C)(C)N1C[C@@H]2CC[C@@]2(N)C1. The van der Waals surface area contributed by atoms with E-state index in [1.165, 1.54) is 32.2 Å². The first-order valence-corrected chi connectivity index (χ1v) is 6.02. The van der Waals surface area contributed by atoms with Crippen molar-refractivity contribution in [2.45, 2.75) is 57.5 Å². The topological polar surface area (TPSA) is 29.3 Å². The Hall–Kier alpha value is -0.0800. The lowest BCUT2D eigenvalue weighted by molar-refractivity contribution is 0.135. The average molecular weight is 196 g/mol. The Balaban J connectivity index is 2.00. The predicted molar refractivity (Wildman–Crippen MR) is 60.2 cm³/mol. The largest absolute Gasteiger partial charge is 0.324 e. The van der Waals surface area contributed by atoms with Gasteiger partial charge in [0.15, 0.2) is 0 Å². The lowest BCUT2D eigenvalue weighted by Crippen LogP contribution is -2.55. The summed E-state index contributed by atoms with van der Waals surface area (Å²) in [6, 6.07) is 0. The standard InChI is InChI=1S/C12H24N2/c1-4-6-11(2,3)14-8-10-5-7-12(10,13)9-14/h10H,4-9,13H2,1-3H3/t10-,12+/m0/s1. The Bertz CT molecular complexity index is 224. The smallest absolute Gasteiger partial charge is 0.0324 e. The summed E-state index contributed by atoms with van der Waals surface area (Å²) in [4.78, 5) is 2.62. The zero-order valence-corrected chi connectivity index (χ0v) is 9.84. The highest BCUT2D eigenvalue weighted by atomic mass is 15.3. The van der Waals surface area contributed by atoms with Gasteiger partial charge < -0.3 is 5.73 Å². The van der Waals surface area contributed by atoms with Crippen molar-refractivity contribution in [1.82, 2.24) is 4.90 Å². The number of hydrogen-bond donors (Lipinski definition) is 1. The molecular formula is C12H24N2. The predicted octanol–water partition coefficient (Wildman–Crippen LogP) is 1.99. The van der Waals surface area contributed by atoms with Gasteiger partial charge in [0, 0.05) is 24.2 Å². The van der Waals surface area contributed by atoms with Crippen molar-refractivity contribution in [2.24, 2.45) is 11.7 Å².